The molecule has 0 saturated carbocycles. The van der Waals surface area contributed by atoms with Gasteiger partial charge in [-0.3, -0.25) is 15.0 Å². The van der Waals surface area contributed by atoms with Crippen LogP contribution in [0.15, 0.2) is 78.9 Å². The molecule has 0 bridgehead atoms. The summed E-state index contributed by atoms with van der Waals surface area (Å²) in [5.41, 5.74) is -5.22. The van der Waals surface area contributed by atoms with Crippen molar-refractivity contribution in [2.24, 2.45) is 0 Å². The van der Waals surface area contributed by atoms with Crippen LogP contribution in [-0.4, -0.2) is 41.3 Å². The molecule has 7 nitrogen and oxygen atoms in total. The molecule has 13 heteroatoms. The van der Waals surface area contributed by atoms with Gasteiger partial charge in [-0.2, -0.15) is 26.3 Å². The van der Waals surface area contributed by atoms with E-state index in [9.17, 15) is 35.9 Å². The van der Waals surface area contributed by atoms with Gasteiger partial charge < -0.3 is 14.8 Å². The second-order valence-electron chi connectivity index (χ2n) is 12.6. The Morgan fingerprint density at radius 1 is 0.894 bits per heavy atom. The molecule has 3 aromatic rings. The van der Waals surface area contributed by atoms with E-state index >= 15 is 0 Å². The first-order valence-electron chi connectivity index (χ1n) is 15.0. The number of halogens is 6. The summed E-state index contributed by atoms with van der Waals surface area (Å²) >= 11 is 0. The highest BCUT2D eigenvalue weighted by molar-refractivity contribution is 5.90. The van der Waals surface area contributed by atoms with Crippen molar-refractivity contribution in [2.45, 2.75) is 75.4 Å². The van der Waals surface area contributed by atoms with E-state index in [1.165, 1.54) is 11.8 Å². The van der Waals surface area contributed by atoms with Crippen LogP contribution in [0.4, 0.5) is 31.1 Å². The third-order valence-electron chi connectivity index (χ3n) is 8.71. The number of alkyl halides is 6. The number of piperidine rings is 1. The summed E-state index contributed by atoms with van der Waals surface area (Å²) in [6.07, 6.45) is -11.7. The fourth-order valence-electron chi connectivity index (χ4n) is 6.32. The smallest absolute Gasteiger partial charge is 0.416 e. The molecule has 2 saturated heterocycles. The molecule has 0 aromatic heterocycles. The van der Waals surface area contributed by atoms with E-state index in [0.717, 1.165) is 0 Å². The van der Waals surface area contributed by atoms with Gasteiger partial charge in [0.05, 0.1) is 41.6 Å². The SMILES string of the molecule is C[C@@H](OC[C@@]1(c2ccccc2)CC[C@@]2(CN1C(=O)OCc1ccccc1)NC(C)(C)NC2=O)c1cc(C(F)(F)F)cc(C(F)(F)F)c1. The zero-order chi connectivity index (χ0) is 34.3. The predicted molar refractivity (Wildman–Crippen MR) is 160 cm³/mol. The Labute approximate surface area is 268 Å². The van der Waals surface area contributed by atoms with E-state index in [0.29, 0.717) is 23.3 Å². The van der Waals surface area contributed by atoms with Gasteiger partial charge in [-0.1, -0.05) is 60.7 Å². The molecule has 2 aliphatic rings. The van der Waals surface area contributed by atoms with Crippen LogP contribution in [0.1, 0.15) is 67.5 Å². The number of benzene rings is 3. The van der Waals surface area contributed by atoms with Crippen LogP contribution in [-0.2, 0) is 38.8 Å². The molecular weight excluding hydrogens is 628 g/mol. The highest BCUT2D eigenvalue weighted by Gasteiger charge is 2.59. The zero-order valence-corrected chi connectivity index (χ0v) is 26.0. The third kappa shape index (κ3) is 7.25. The Hall–Kier alpha value is -4.10. The maximum atomic E-state index is 14.0. The summed E-state index contributed by atoms with van der Waals surface area (Å²) in [6, 6.07) is 19.0. The number of likely N-dealkylation sites (tertiary alicyclic amines) is 1. The summed E-state index contributed by atoms with van der Waals surface area (Å²) in [4.78, 5) is 28.8. The molecular formula is C34H35F6N3O4. The lowest BCUT2D eigenvalue weighted by Gasteiger charge is -2.52. The normalized spacial score (nSPS) is 23.4. The molecule has 3 atom stereocenters. The second kappa shape index (κ2) is 12.5. The Balaban J connectivity index is 1.52. The van der Waals surface area contributed by atoms with E-state index in [1.807, 2.05) is 6.07 Å². The standard InChI is InChI=1S/C34H35F6N3O4/c1-22(24-16-26(33(35,36)37)18-27(17-24)34(38,39)40)47-21-32(25-12-8-5-9-13-25)15-14-31(28(44)41-30(2,3)42-31)20-43(32)29(45)46-19-23-10-6-4-7-11-23/h4-13,16-18,22,42H,14-15,19-21H2,1-3H3,(H,41,44)/t22-,31+,32-/m1/s1. The maximum absolute atomic E-state index is 14.0. The number of carbonyl (C=O) groups is 2. The Kier molecular flexibility index (Phi) is 9.10. The van der Waals surface area contributed by atoms with E-state index < -0.39 is 52.4 Å². The number of ether oxygens (including phenoxy) is 2. The number of rotatable bonds is 7. The number of hydrogen-bond donors (Lipinski definition) is 2. The molecule has 252 valence electrons. The fraction of sp³-hybridized carbons (Fsp3) is 0.412. The van der Waals surface area contributed by atoms with E-state index in [-0.39, 0.29) is 50.1 Å². The van der Waals surface area contributed by atoms with Crippen molar-refractivity contribution >= 4 is 12.0 Å². The molecule has 0 radical (unpaired) electrons. The van der Waals surface area contributed by atoms with Gasteiger partial charge in [0.25, 0.3) is 0 Å². The molecule has 2 heterocycles. The lowest BCUT2D eigenvalue weighted by Crippen LogP contribution is -2.67. The van der Waals surface area contributed by atoms with Gasteiger partial charge in [-0.25, -0.2) is 4.79 Å². The Morgan fingerprint density at radius 3 is 2.00 bits per heavy atom. The first-order valence-corrected chi connectivity index (χ1v) is 15.0. The number of amides is 2. The fourth-order valence-corrected chi connectivity index (χ4v) is 6.32. The molecule has 2 fully saturated rings. The quantitative estimate of drug-likeness (QED) is 0.259. The van der Waals surface area contributed by atoms with Gasteiger partial charge in [0.2, 0.25) is 5.91 Å². The summed E-state index contributed by atoms with van der Waals surface area (Å²) in [7, 11) is 0. The molecule has 2 aliphatic heterocycles. The number of nitrogens with zero attached hydrogens (tertiary/aromatic N) is 1. The van der Waals surface area contributed by atoms with Gasteiger partial charge in [0.1, 0.15) is 12.1 Å². The second-order valence-corrected chi connectivity index (χ2v) is 12.6. The molecule has 0 unspecified atom stereocenters. The summed E-state index contributed by atoms with van der Waals surface area (Å²) < 4.78 is 93.6. The molecule has 2 N–H and O–H groups in total. The van der Waals surface area contributed by atoms with Crippen LogP contribution < -0.4 is 10.6 Å². The number of carbonyl (C=O) groups excluding carboxylic acids is 2. The average Bonchev–Trinajstić information content (AvgIpc) is 3.25. The van der Waals surface area contributed by atoms with Crippen molar-refractivity contribution in [3.8, 4) is 0 Å². The minimum Gasteiger partial charge on any atom is -0.445 e. The lowest BCUT2D eigenvalue weighted by molar-refractivity contribution is -0.143. The molecule has 3 aromatic carbocycles. The van der Waals surface area contributed by atoms with E-state index in [1.54, 1.807) is 68.4 Å². The Bertz CT molecular complexity index is 1570. The monoisotopic (exact) mass is 663 g/mol. The van der Waals surface area contributed by atoms with Crippen LogP contribution in [0.5, 0.6) is 0 Å². The van der Waals surface area contributed by atoms with Gasteiger partial charge >= 0.3 is 18.4 Å². The van der Waals surface area contributed by atoms with Crippen LogP contribution in [0, 0.1) is 0 Å². The topological polar surface area (TPSA) is 79.9 Å². The molecule has 0 aliphatic carbocycles. The molecule has 2 amide bonds. The highest BCUT2D eigenvalue weighted by Crippen LogP contribution is 2.45. The molecule has 47 heavy (non-hydrogen) atoms. The van der Waals surface area contributed by atoms with Gasteiger partial charge in [-0.15, -0.1) is 0 Å². The van der Waals surface area contributed by atoms with Gasteiger partial charge in [0.15, 0.2) is 0 Å². The van der Waals surface area contributed by atoms with Crippen LogP contribution in [0.3, 0.4) is 0 Å². The predicted octanol–water partition coefficient (Wildman–Crippen LogP) is 7.32. The van der Waals surface area contributed by atoms with Gasteiger partial charge in [-0.05, 0) is 68.5 Å². The number of hydrogen-bond acceptors (Lipinski definition) is 5. The maximum Gasteiger partial charge on any atom is 0.416 e. The summed E-state index contributed by atoms with van der Waals surface area (Å²) in [6.45, 7) is 4.37. The largest absolute Gasteiger partial charge is 0.445 e. The zero-order valence-electron chi connectivity index (χ0n) is 26.0. The third-order valence-corrected chi connectivity index (χ3v) is 8.71. The first-order chi connectivity index (χ1) is 21.9. The van der Waals surface area contributed by atoms with E-state index in [2.05, 4.69) is 10.6 Å². The van der Waals surface area contributed by atoms with Crippen molar-refractivity contribution in [3.63, 3.8) is 0 Å². The number of nitrogens with one attached hydrogen (secondary N) is 2. The first kappa shape index (κ1) is 34.2. The van der Waals surface area contributed by atoms with Crippen molar-refractivity contribution in [1.82, 2.24) is 15.5 Å². The van der Waals surface area contributed by atoms with E-state index in [4.69, 9.17) is 9.47 Å². The Morgan fingerprint density at radius 2 is 1.47 bits per heavy atom. The molecule has 1 spiro atoms. The minimum atomic E-state index is -5.03. The highest BCUT2D eigenvalue weighted by atomic mass is 19.4. The van der Waals surface area contributed by atoms with Gasteiger partial charge in [0, 0.05) is 0 Å². The molecule has 5 rings (SSSR count). The minimum absolute atomic E-state index is 0.0634. The van der Waals surface area contributed by atoms with Crippen molar-refractivity contribution in [1.29, 1.82) is 0 Å². The van der Waals surface area contributed by atoms with Crippen LogP contribution >= 0.6 is 0 Å². The van der Waals surface area contributed by atoms with Crippen molar-refractivity contribution < 1.29 is 45.4 Å². The van der Waals surface area contributed by atoms with Crippen molar-refractivity contribution in [2.75, 3.05) is 13.2 Å². The average molecular weight is 664 g/mol. The lowest BCUT2D eigenvalue weighted by atomic mass is 9.74. The summed E-state index contributed by atoms with van der Waals surface area (Å²) in [5, 5.41) is 6.21. The van der Waals surface area contributed by atoms with Crippen LogP contribution in [0.2, 0.25) is 0 Å². The summed E-state index contributed by atoms with van der Waals surface area (Å²) in [5.74, 6) is -0.317. The van der Waals surface area contributed by atoms with Crippen LogP contribution in [0.25, 0.3) is 0 Å². The van der Waals surface area contributed by atoms with Crippen molar-refractivity contribution in [3.05, 3.63) is 107 Å².